The maximum atomic E-state index is 5.99. The molecule has 0 saturated carbocycles. The Morgan fingerprint density at radius 2 is 2.38 bits per heavy atom. The van der Waals surface area contributed by atoms with Crippen molar-refractivity contribution < 1.29 is 0 Å². The molecule has 88 valence electrons. The fourth-order valence-electron chi connectivity index (χ4n) is 2.20. The van der Waals surface area contributed by atoms with Gasteiger partial charge in [-0.05, 0) is 24.1 Å². The van der Waals surface area contributed by atoms with Gasteiger partial charge in [-0.15, -0.1) is 0 Å². The van der Waals surface area contributed by atoms with Crippen LogP contribution in [0.1, 0.15) is 18.9 Å². The summed E-state index contributed by atoms with van der Waals surface area (Å²) in [5, 5.41) is 4.36. The summed E-state index contributed by atoms with van der Waals surface area (Å²) in [5.74, 6) is 0. The Kier molecular flexibility index (Phi) is 4.22. The van der Waals surface area contributed by atoms with Gasteiger partial charge in [0.15, 0.2) is 0 Å². The molecule has 0 amide bonds. The van der Waals surface area contributed by atoms with E-state index >= 15 is 0 Å². The predicted molar refractivity (Wildman–Crippen MR) is 68.8 cm³/mol. The van der Waals surface area contributed by atoms with E-state index in [0.29, 0.717) is 6.04 Å². The van der Waals surface area contributed by atoms with E-state index in [1.165, 1.54) is 12.0 Å². The van der Waals surface area contributed by atoms with Crippen molar-refractivity contribution in [2.24, 2.45) is 0 Å². The summed E-state index contributed by atoms with van der Waals surface area (Å²) in [6.07, 6.45) is 1.20. The monoisotopic (exact) mass is 238 g/mol. The molecule has 0 bridgehead atoms. The quantitative estimate of drug-likeness (QED) is 0.871. The van der Waals surface area contributed by atoms with Crippen molar-refractivity contribution in [3.8, 4) is 0 Å². The first-order valence-electron chi connectivity index (χ1n) is 5.98. The highest BCUT2D eigenvalue weighted by Gasteiger charge is 2.17. The van der Waals surface area contributed by atoms with Crippen LogP contribution in [-0.2, 0) is 6.54 Å². The van der Waals surface area contributed by atoms with Gasteiger partial charge in [0.05, 0.1) is 0 Å². The van der Waals surface area contributed by atoms with Crippen molar-refractivity contribution in [3.63, 3.8) is 0 Å². The zero-order valence-corrected chi connectivity index (χ0v) is 10.5. The van der Waals surface area contributed by atoms with Gasteiger partial charge < -0.3 is 5.32 Å². The highest BCUT2D eigenvalue weighted by Crippen LogP contribution is 2.14. The van der Waals surface area contributed by atoms with Gasteiger partial charge in [0.2, 0.25) is 0 Å². The average Bonchev–Trinajstić information content (AvgIpc) is 2.29. The summed E-state index contributed by atoms with van der Waals surface area (Å²) in [6, 6.07) is 8.81. The van der Waals surface area contributed by atoms with Crippen LogP contribution in [0.15, 0.2) is 24.3 Å². The lowest BCUT2D eigenvalue weighted by Crippen LogP contribution is -2.49. The lowest BCUT2D eigenvalue weighted by molar-refractivity contribution is 0.190. The third-order valence-corrected chi connectivity index (χ3v) is 3.36. The van der Waals surface area contributed by atoms with Crippen LogP contribution >= 0.6 is 11.6 Å². The molecule has 1 atom stereocenters. The van der Waals surface area contributed by atoms with E-state index in [0.717, 1.165) is 31.2 Å². The summed E-state index contributed by atoms with van der Waals surface area (Å²) < 4.78 is 0. The maximum Gasteiger partial charge on any atom is 0.0409 e. The molecule has 1 fully saturated rings. The topological polar surface area (TPSA) is 15.3 Å². The van der Waals surface area contributed by atoms with E-state index in [4.69, 9.17) is 11.6 Å². The van der Waals surface area contributed by atoms with Gasteiger partial charge in [0.25, 0.3) is 0 Å². The highest BCUT2D eigenvalue weighted by molar-refractivity contribution is 6.30. The summed E-state index contributed by atoms with van der Waals surface area (Å²) in [5.41, 5.74) is 1.31. The molecule has 0 aromatic heterocycles. The molecule has 1 aliphatic rings. The van der Waals surface area contributed by atoms with Crippen molar-refractivity contribution in [3.05, 3.63) is 34.9 Å². The Bertz CT molecular complexity index is 340. The number of nitrogens with zero attached hydrogens (tertiary/aromatic N) is 1. The smallest absolute Gasteiger partial charge is 0.0409 e. The van der Waals surface area contributed by atoms with Crippen molar-refractivity contribution >= 4 is 11.6 Å². The van der Waals surface area contributed by atoms with E-state index < -0.39 is 0 Å². The molecule has 2 rings (SSSR count). The Morgan fingerprint density at radius 3 is 3.12 bits per heavy atom. The standard InChI is InChI=1S/C13H19ClN2/c1-2-13-10-16(7-6-15-13)9-11-4-3-5-12(14)8-11/h3-5,8,13,15H,2,6-7,9-10H2,1H3. The van der Waals surface area contributed by atoms with Crippen LogP contribution in [0, 0.1) is 0 Å². The molecule has 1 heterocycles. The van der Waals surface area contributed by atoms with Crippen LogP contribution in [0.5, 0.6) is 0 Å². The minimum atomic E-state index is 0.646. The summed E-state index contributed by atoms with van der Waals surface area (Å²) in [4.78, 5) is 2.50. The number of piperazine rings is 1. The van der Waals surface area contributed by atoms with E-state index in [-0.39, 0.29) is 0 Å². The van der Waals surface area contributed by atoms with Gasteiger partial charge >= 0.3 is 0 Å². The lowest BCUT2D eigenvalue weighted by atomic mass is 10.1. The number of benzene rings is 1. The average molecular weight is 239 g/mol. The number of halogens is 1. The molecule has 1 aliphatic heterocycles. The van der Waals surface area contributed by atoms with Crippen LogP contribution < -0.4 is 5.32 Å². The molecule has 3 heteroatoms. The fraction of sp³-hybridized carbons (Fsp3) is 0.538. The largest absolute Gasteiger partial charge is 0.311 e. The summed E-state index contributed by atoms with van der Waals surface area (Å²) >= 11 is 5.99. The Hall–Kier alpha value is -0.570. The number of hydrogen-bond acceptors (Lipinski definition) is 2. The molecule has 1 N–H and O–H groups in total. The molecule has 16 heavy (non-hydrogen) atoms. The molecule has 1 aromatic rings. The first kappa shape index (κ1) is 11.9. The Morgan fingerprint density at radius 1 is 1.50 bits per heavy atom. The van der Waals surface area contributed by atoms with Crippen LogP contribution in [0.4, 0.5) is 0 Å². The van der Waals surface area contributed by atoms with Crippen molar-refractivity contribution in [1.29, 1.82) is 0 Å². The van der Waals surface area contributed by atoms with Crippen molar-refractivity contribution in [1.82, 2.24) is 10.2 Å². The van der Waals surface area contributed by atoms with Gasteiger partial charge in [-0.25, -0.2) is 0 Å². The molecular formula is C13H19ClN2. The van der Waals surface area contributed by atoms with Gasteiger partial charge in [-0.1, -0.05) is 30.7 Å². The highest BCUT2D eigenvalue weighted by atomic mass is 35.5. The molecule has 1 saturated heterocycles. The van der Waals surface area contributed by atoms with E-state index in [9.17, 15) is 0 Å². The SMILES string of the molecule is CCC1CN(Cc2cccc(Cl)c2)CCN1. The first-order valence-corrected chi connectivity index (χ1v) is 6.36. The van der Waals surface area contributed by atoms with Crippen LogP contribution in [0.25, 0.3) is 0 Å². The number of nitrogens with one attached hydrogen (secondary N) is 1. The third kappa shape index (κ3) is 3.21. The second-order valence-electron chi connectivity index (χ2n) is 4.42. The molecule has 0 spiro atoms. The minimum absolute atomic E-state index is 0.646. The fourth-order valence-corrected chi connectivity index (χ4v) is 2.42. The molecule has 0 aliphatic carbocycles. The summed E-state index contributed by atoms with van der Waals surface area (Å²) in [6.45, 7) is 6.62. The van der Waals surface area contributed by atoms with Gasteiger partial charge in [0, 0.05) is 37.2 Å². The second-order valence-corrected chi connectivity index (χ2v) is 4.86. The zero-order chi connectivity index (χ0) is 11.4. The molecule has 2 nitrogen and oxygen atoms in total. The van der Waals surface area contributed by atoms with Crippen LogP contribution in [0.2, 0.25) is 5.02 Å². The van der Waals surface area contributed by atoms with Crippen molar-refractivity contribution in [2.75, 3.05) is 19.6 Å². The van der Waals surface area contributed by atoms with Crippen LogP contribution in [0.3, 0.4) is 0 Å². The molecular weight excluding hydrogens is 220 g/mol. The molecule has 0 radical (unpaired) electrons. The number of rotatable bonds is 3. The summed E-state index contributed by atoms with van der Waals surface area (Å²) in [7, 11) is 0. The van der Waals surface area contributed by atoms with E-state index in [2.05, 4.69) is 29.3 Å². The van der Waals surface area contributed by atoms with E-state index in [1.54, 1.807) is 0 Å². The lowest BCUT2D eigenvalue weighted by Gasteiger charge is -2.33. The first-order chi connectivity index (χ1) is 7.78. The van der Waals surface area contributed by atoms with Gasteiger partial charge in [-0.2, -0.15) is 0 Å². The normalized spacial score (nSPS) is 22.2. The maximum absolute atomic E-state index is 5.99. The van der Waals surface area contributed by atoms with Crippen molar-refractivity contribution in [2.45, 2.75) is 25.9 Å². The Balaban J connectivity index is 1.94. The molecule has 1 unspecified atom stereocenters. The number of hydrogen-bond donors (Lipinski definition) is 1. The van der Waals surface area contributed by atoms with Gasteiger partial charge in [0.1, 0.15) is 0 Å². The van der Waals surface area contributed by atoms with Crippen LogP contribution in [-0.4, -0.2) is 30.6 Å². The third-order valence-electron chi connectivity index (χ3n) is 3.13. The second kappa shape index (κ2) is 5.67. The molecule has 1 aromatic carbocycles. The Labute approximate surface area is 103 Å². The predicted octanol–water partition coefficient (Wildman–Crippen LogP) is 2.52. The van der Waals surface area contributed by atoms with E-state index in [1.807, 2.05) is 12.1 Å². The minimum Gasteiger partial charge on any atom is -0.311 e. The van der Waals surface area contributed by atoms with Gasteiger partial charge in [-0.3, -0.25) is 4.90 Å². The zero-order valence-electron chi connectivity index (χ0n) is 9.75.